The average molecular weight is 355 g/mol. The maximum absolute atomic E-state index is 2.46. The Hall–Kier alpha value is -2.34. The summed E-state index contributed by atoms with van der Waals surface area (Å²) in [5, 5.41) is 0. The molecule has 0 atom stereocenters. The zero-order valence-electron chi connectivity index (χ0n) is 17.3. The first-order chi connectivity index (χ1) is 12.9. The molecule has 2 aromatic rings. The Morgan fingerprint density at radius 3 is 2.41 bits per heavy atom. The summed E-state index contributed by atoms with van der Waals surface area (Å²) in [5.74, 6) is 0. The number of allylic oxidation sites excluding steroid dienone is 6. The molecule has 4 rings (SSSR count). The smallest absolute Gasteiger partial charge is 0.00132 e. The zero-order valence-corrected chi connectivity index (χ0v) is 17.3. The number of fused-ring (bicyclic) bond motifs is 4. The summed E-state index contributed by atoms with van der Waals surface area (Å²) in [6.07, 6.45) is 10.3. The van der Waals surface area contributed by atoms with Crippen molar-refractivity contribution < 1.29 is 0 Å². The molecule has 27 heavy (non-hydrogen) atoms. The van der Waals surface area contributed by atoms with E-state index in [-0.39, 0.29) is 5.41 Å². The van der Waals surface area contributed by atoms with Crippen molar-refractivity contribution in [3.8, 4) is 11.1 Å². The number of hydrogen-bond donors (Lipinski definition) is 0. The third kappa shape index (κ3) is 3.02. The molecule has 2 aromatic carbocycles. The van der Waals surface area contributed by atoms with E-state index in [9.17, 15) is 0 Å². The van der Waals surface area contributed by atoms with Gasteiger partial charge >= 0.3 is 0 Å². The molecule has 0 amide bonds. The van der Waals surface area contributed by atoms with E-state index in [2.05, 4.69) is 89.2 Å². The molecule has 0 radical (unpaired) electrons. The van der Waals surface area contributed by atoms with Crippen LogP contribution in [0.15, 0.2) is 65.8 Å². The molecule has 0 unspecified atom stereocenters. The lowest BCUT2D eigenvalue weighted by atomic mass is 9.82. The van der Waals surface area contributed by atoms with Crippen LogP contribution in [0.4, 0.5) is 0 Å². The summed E-state index contributed by atoms with van der Waals surface area (Å²) in [6.45, 7) is 11.4. The fraction of sp³-hybridized carbons (Fsp3) is 0.333. The zero-order chi connectivity index (χ0) is 19.2. The second-order valence-electron chi connectivity index (χ2n) is 8.66. The molecule has 0 heterocycles. The van der Waals surface area contributed by atoms with E-state index in [1.54, 1.807) is 0 Å². The molecule has 0 N–H and O–H groups in total. The second kappa shape index (κ2) is 6.68. The minimum Gasteiger partial charge on any atom is -0.0835 e. The van der Waals surface area contributed by atoms with Crippen LogP contribution in [0.1, 0.15) is 63.3 Å². The molecule has 0 heteroatoms. The third-order valence-corrected chi connectivity index (χ3v) is 6.83. The van der Waals surface area contributed by atoms with Gasteiger partial charge in [-0.05, 0) is 95.2 Å². The van der Waals surface area contributed by atoms with Crippen molar-refractivity contribution in [2.45, 2.75) is 53.9 Å². The molecule has 2 aliphatic rings. The normalized spacial score (nSPS) is 18.8. The maximum Gasteiger partial charge on any atom is -0.00132 e. The molecule has 0 nitrogen and oxygen atoms in total. The van der Waals surface area contributed by atoms with Crippen LogP contribution >= 0.6 is 0 Å². The SMILES string of the molecule is C/C=C1/Cc2cc3c(cc2/C1=C/C=C(\C)C(C)(C)CC)Cc1ccccc1-3. The summed E-state index contributed by atoms with van der Waals surface area (Å²) in [6, 6.07) is 13.8. The van der Waals surface area contributed by atoms with Gasteiger partial charge < -0.3 is 0 Å². The Bertz CT molecular complexity index is 993. The van der Waals surface area contributed by atoms with E-state index < -0.39 is 0 Å². The summed E-state index contributed by atoms with van der Waals surface area (Å²) in [7, 11) is 0. The van der Waals surface area contributed by atoms with E-state index in [4.69, 9.17) is 0 Å². The summed E-state index contributed by atoms with van der Waals surface area (Å²) >= 11 is 0. The lowest BCUT2D eigenvalue weighted by Crippen LogP contribution is -2.10. The highest BCUT2D eigenvalue weighted by Crippen LogP contribution is 2.44. The van der Waals surface area contributed by atoms with E-state index in [1.807, 2.05) is 0 Å². The van der Waals surface area contributed by atoms with Gasteiger partial charge in [-0.25, -0.2) is 0 Å². The lowest BCUT2D eigenvalue weighted by molar-refractivity contribution is 0.429. The van der Waals surface area contributed by atoms with E-state index >= 15 is 0 Å². The number of benzene rings is 2. The van der Waals surface area contributed by atoms with Gasteiger partial charge in [-0.15, -0.1) is 0 Å². The molecule has 0 bridgehead atoms. The van der Waals surface area contributed by atoms with Crippen LogP contribution in [0.3, 0.4) is 0 Å². The summed E-state index contributed by atoms with van der Waals surface area (Å²) in [4.78, 5) is 0. The van der Waals surface area contributed by atoms with Crippen molar-refractivity contribution in [1.29, 1.82) is 0 Å². The van der Waals surface area contributed by atoms with E-state index in [1.165, 1.54) is 50.1 Å². The topological polar surface area (TPSA) is 0 Å². The Labute approximate surface area is 164 Å². The third-order valence-electron chi connectivity index (χ3n) is 6.83. The predicted molar refractivity (Wildman–Crippen MR) is 118 cm³/mol. The van der Waals surface area contributed by atoms with Crippen LogP contribution < -0.4 is 0 Å². The van der Waals surface area contributed by atoms with Gasteiger partial charge in [0.1, 0.15) is 0 Å². The molecule has 138 valence electrons. The highest BCUT2D eigenvalue weighted by Gasteiger charge is 2.26. The fourth-order valence-corrected chi connectivity index (χ4v) is 4.27. The van der Waals surface area contributed by atoms with Crippen molar-refractivity contribution in [2.75, 3.05) is 0 Å². The highest BCUT2D eigenvalue weighted by atomic mass is 14.3. The Morgan fingerprint density at radius 1 is 0.963 bits per heavy atom. The van der Waals surface area contributed by atoms with Crippen molar-refractivity contribution in [2.24, 2.45) is 5.41 Å². The second-order valence-corrected chi connectivity index (χ2v) is 8.66. The molecule has 2 aliphatic carbocycles. The van der Waals surface area contributed by atoms with Crippen LogP contribution in [0.5, 0.6) is 0 Å². The first-order valence-electron chi connectivity index (χ1n) is 10.2. The van der Waals surface area contributed by atoms with Gasteiger partial charge in [-0.1, -0.05) is 68.8 Å². The Morgan fingerprint density at radius 2 is 1.67 bits per heavy atom. The van der Waals surface area contributed by atoms with Crippen LogP contribution in [0.25, 0.3) is 16.7 Å². The van der Waals surface area contributed by atoms with E-state index in [0.717, 1.165) is 19.3 Å². The molecular formula is C27H30. The standard InChI is InChI=1S/C27H30/c1-6-19-14-21-16-25-22(15-20-10-8-9-11-23(20)25)17-26(21)24(19)13-12-18(3)27(4,5)7-2/h6,8-13,16-17H,7,14-15H2,1-5H3/b18-12+,19-6-,24-13+. The molecule has 0 saturated heterocycles. The summed E-state index contributed by atoms with van der Waals surface area (Å²) in [5.41, 5.74) is 13.3. The van der Waals surface area contributed by atoms with Gasteiger partial charge in [-0.2, -0.15) is 0 Å². The van der Waals surface area contributed by atoms with Gasteiger partial charge in [0.2, 0.25) is 0 Å². The van der Waals surface area contributed by atoms with Crippen LogP contribution in [0.2, 0.25) is 0 Å². The largest absolute Gasteiger partial charge is 0.0835 e. The minimum atomic E-state index is 0.258. The monoisotopic (exact) mass is 354 g/mol. The highest BCUT2D eigenvalue weighted by molar-refractivity contribution is 5.90. The van der Waals surface area contributed by atoms with Gasteiger partial charge in [0, 0.05) is 0 Å². The van der Waals surface area contributed by atoms with Crippen molar-refractivity contribution >= 4 is 5.57 Å². The van der Waals surface area contributed by atoms with Crippen molar-refractivity contribution in [1.82, 2.24) is 0 Å². The summed E-state index contributed by atoms with van der Waals surface area (Å²) < 4.78 is 0. The molecule has 0 aromatic heterocycles. The first-order valence-corrected chi connectivity index (χ1v) is 10.2. The molecule has 0 aliphatic heterocycles. The van der Waals surface area contributed by atoms with Gasteiger partial charge in [0.15, 0.2) is 0 Å². The fourth-order valence-electron chi connectivity index (χ4n) is 4.27. The molecule has 0 spiro atoms. The number of rotatable bonds is 3. The van der Waals surface area contributed by atoms with Crippen LogP contribution in [0, 0.1) is 5.41 Å². The average Bonchev–Trinajstić information content (AvgIpc) is 3.21. The number of hydrogen-bond acceptors (Lipinski definition) is 0. The molecule has 0 fully saturated rings. The van der Waals surface area contributed by atoms with Gasteiger partial charge in [0.25, 0.3) is 0 Å². The predicted octanol–water partition coefficient (Wildman–Crippen LogP) is 7.53. The first kappa shape index (κ1) is 18.0. The van der Waals surface area contributed by atoms with Crippen molar-refractivity contribution in [3.63, 3.8) is 0 Å². The van der Waals surface area contributed by atoms with Crippen LogP contribution in [-0.4, -0.2) is 0 Å². The van der Waals surface area contributed by atoms with Crippen molar-refractivity contribution in [3.05, 3.63) is 88.0 Å². The Kier molecular flexibility index (Phi) is 4.46. The van der Waals surface area contributed by atoms with E-state index in [0.29, 0.717) is 0 Å². The van der Waals surface area contributed by atoms with Gasteiger partial charge in [0.05, 0.1) is 0 Å². The molecular weight excluding hydrogens is 324 g/mol. The minimum absolute atomic E-state index is 0.258. The molecule has 0 saturated carbocycles. The Balaban J connectivity index is 1.79. The van der Waals surface area contributed by atoms with Crippen LogP contribution in [-0.2, 0) is 12.8 Å². The quantitative estimate of drug-likeness (QED) is 0.456. The lowest BCUT2D eigenvalue weighted by Gasteiger charge is -2.23. The maximum atomic E-state index is 2.46. The van der Waals surface area contributed by atoms with Gasteiger partial charge in [-0.3, -0.25) is 0 Å².